The van der Waals surface area contributed by atoms with Crippen LogP contribution in [0.5, 0.6) is 0 Å². The number of rotatable bonds is 5. The molecule has 0 saturated carbocycles. The number of hydrogen-bond acceptors (Lipinski definition) is 2. The maximum atomic E-state index is 11.7. The maximum Gasteiger partial charge on any atom is 0.303 e. The normalized spacial score (nSPS) is 10.6. The van der Waals surface area contributed by atoms with Crippen LogP contribution in [0.1, 0.15) is 35.7 Å². The van der Waals surface area contributed by atoms with Crippen LogP contribution < -0.4 is 0 Å². The smallest absolute Gasteiger partial charge is 0.303 e. The van der Waals surface area contributed by atoms with Crippen molar-refractivity contribution in [2.24, 2.45) is 0 Å². The third kappa shape index (κ3) is 3.35. The summed E-state index contributed by atoms with van der Waals surface area (Å²) >= 11 is 0. The number of carbonyl (C=O) groups is 2. The Morgan fingerprint density at radius 1 is 1.25 bits per heavy atom. The van der Waals surface area contributed by atoms with Crippen LogP contribution in [0.2, 0.25) is 0 Å². The van der Waals surface area contributed by atoms with Gasteiger partial charge in [0, 0.05) is 12.0 Å². The summed E-state index contributed by atoms with van der Waals surface area (Å²) in [7, 11) is 0. The van der Waals surface area contributed by atoms with Gasteiger partial charge in [0.15, 0.2) is 5.78 Å². The van der Waals surface area contributed by atoms with Gasteiger partial charge in [-0.2, -0.15) is 0 Å². The molecule has 3 nitrogen and oxygen atoms in total. The summed E-state index contributed by atoms with van der Waals surface area (Å²) < 4.78 is 0. The molecule has 3 heteroatoms. The number of Topliss-reactive ketones (excluding diaryl/α,β-unsaturated/α-hetero) is 1. The van der Waals surface area contributed by atoms with Crippen LogP contribution in [-0.4, -0.2) is 16.9 Å². The molecule has 1 aromatic carbocycles. The Labute approximate surface area is 94.4 Å². The minimum Gasteiger partial charge on any atom is -0.481 e. The van der Waals surface area contributed by atoms with E-state index in [-0.39, 0.29) is 18.6 Å². The summed E-state index contributed by atoms with van der Waals surface area (Å²) in [5.41, 5.74) is 1.42. The molecule has 0 radical (unpaired) electrons. The minimum atomic E-state index is -0.947. The molecule has 16 heavy (non-hydrogen) atoms. The number of ketones is 1. The fourth-order valence-electron chi connectivity index (χ4n) is 1.43. The zero-order valence-electron chi connectivity index (χ0n) is 9.14. The van der Waals surface area contributed by atoms with Crippen LogP contribution in [-0.2, 0) is 4.79 Å². The van der Waals surface area contributed by atoms with Crippen molar-refractivity contribution in [3.05, 3.63) is 41.5 Å². The molecule has 84 valence electrons. The average Bonchev–Trinajstić information content (AvgIpc) is 2.27. The van der Waals surface area contributed by atoms with Gasteiger partial charge in [-0.1, -0.05) is 36.4 Å². The van der Waals surface area contributed by atoms with E-state index in [9.17, 15) is 9.59 Å². The van der Waals surface area contributed by atoms with Gasteiger partial charge >= 0.3 is 5.97 Å². The lowest BCUT2D eigenvalue weighted by atomic mass is 10.0. The highest BCUT2D eigenvalue weighted by Gasteiger charge is 2.10. The van der Waals surface area contributed by atoms with Gasteiger partial charge in [-0.3, -0.25) is 9.59 Å². The van der Waals surface area contributed by atoms with E-state index < -0.39 is 5.97 Å². The van der Waals surface area contributed by atoms with Gasteiger partial charge in [-0.05, 0) is 12.5 Å². The van der Waals surface area contributed by atoms with Crippen molar-refractivity contribution in [3.8, 4) is 0 Å². The van der Waals surface area contributed by atoms with E-state index in [0.717, 1.165) is 5.56 Å². The minimum absolute atomic E-state index is 0.0455. The Kier molecular flexibility index (Phi) is 4.45. The zero-order chi connectivity index (χ0) is 12.0. The summed E-state index contributed by atoms with van der Waals surface area (Å²) in [6.45, 7) is 1.87. The third-order valence-corrected chi connectivity index (χ3v) is 2.17. The average molecular weight is 218 g/mol. The molecule has 0 aliphatic heterocycles. The first-order valence-electron chi connectivity index (χ1n) is 5.12. The molecule has 0 bridgehead atoms. The fourth-order valence-corrected chi connectivity index (χ4v) is 1.43. The van der Waals surface area contributed by atoms with Crippen molar-refractivity contribution in [1.82, 2.24) is 0 Å². The first kappa shape index (κ1) is 12.2. The highest BCUT2D eigenvalue weighted by molar-refractivity contribution is 6.00. The van der Waals surface area contributed by atoms with Crippen molar-refractivity contribution in [1.29, 1.82) is 0 Å². The van der Waals surface area contributed by atoms with Crippen molar-refractivity contribution in [2.45, 2.75) is 19.8 Å². The Bertz CT molecular complexity index is 419. The van der Waals surface area contributed by atoms with Crippen LogP contribution in [0.3, 0.4) is 0 Å². The first-order chi connectivity index (χ1) is 7.65. The Hall–Kier alpha value is -1.90. The first-order valence-corrected chi connectivity index (χ1v) is 5.12. The second-order valence-corrected chi connectivity index (χ2v) is 3.40. The predicted octanol–water partition coefficient (Wildman–Crippen LogP) is 2.77. The van der Waals surface area contributed by atoms with Crippen LogP contribution in [0, 0.1) is 0 Å². The number of carboxylic acids is 1. The molecule has 1 N–H and O–H groups in total. The highest BCUT2D eigenvalue weighted by Crippen LogP contribution is 2.13. The van der Waals surface area contributed by atoms with Crippen molar-refractivity contribution in [2.75, 3.05) is 0 Å². The van der Waals surface area contributed by atoms with Gasteiger partial charge in [0.2, 0.25) is 0 Å². The largest absolute Gasteiger partial charge is 0.481 e. The van der Waals surface area contributed by atoms with E-state index in [1.807, 2.05) is 31.2 Å². The molecule has 0 saturated heterocycles. The molecule has 0 heterocycles. The Balaban J connectivity index is 2.86. The fraction of sp³-hybridized carbons (Fsp3) is 0.231. The molecule has 1 rings (SSSR count). The van der Waals surface area contributed by atoms with Gasteiger partial charge in [-0.15, -0.1) is 0 Å². The van der Waals surface area contributed by atoms with Gasteiger partial charge in [0.05, 0.1) is 6.42 Å². The summed E-state index contributed by atoms with van der Waals surface area (Å²) in [6.07, 6.45) is 3.62. The van der Waals surface area contributed by atoms with Gasteiger partial charge in [0.1, 0.15) is 0 Å². The van der Waals surface area contributed by atoms with Crippen molar-refractivity contribution < 1.29 is 14.7 Å². The molecule has 0 atom stereocenters. The van der Waals surface area contributed by atoms with Crippen LogP contribution in [0.15, 0.2) is 30.3 Å². The molecule has 0 amide bonds. The molecule has 0 aliphatic rings. The summed E-state index contributed by atoms with van der Waals surface area (Å²) in [5.74, 6) is -1.08. The maximum absolute atomic E-state index is 11.7. The van der Waals surface area contributed by atoms with Crippen LogP contribution >= 0.6 is 0 Å². The summed E-state index contributed by atoms with van der Waals surface area (Å²) in [5, 5.41) is 8.52. The van der Waals surface area contributed by atoms with E-state index >= 15 is 0 Å². The van der Waals surface area contributed by atoms with E-state index in [0.29, 0.717) is 5.56 Å². The van der Waals surface area contributed by atoms with E-state index in [1.165, 1.54) is 0 Å². The van der Waals surface area contributed by atoms with Crippen LogP contribution in [0.25, 0.3) is 6.08 Å². The van der Waals surface area contributed by atoms with Crippen molar-refractivity contribution in [3.63, 3.8) is 0 Å². The van der Waals surface area contributed by atoms with E-state index in [2.05, 4.69) is 0 Å². The molecule has 0 spiro atoms. The van der Waals surface area contributed by atoms with Gasteiger partial charge in [-0.25, -0.2) is 0 Å². The van der Waals surface area contributed by atoms with E-state index in [4.69, 9.17) is 5.11 Å². The molecular formula is C13H14O3. The standard InChI is InChI=1S/C13H14O3/c1-2-5-10-6-3-4-7-11(10)12(14)8-9-13(15)16/h2-7H,8-9H2,1H3,(H,15,16). The zero-order valence-corrected chi connectivity index (χ0v) is 9.14. The lowest BCUT2D eigenvalue weighted by Gasteiger charge is -2.03. The second-order valence-electron chi connectivity index (χ2n) is 3.40. The third-order valence-electron chi connectivity index (χ3n) is 2.17. The molecule has 0 fully saturated rings. The Morgan fingerprint density at radius 2 is 1.94 bits per heavy atom. The van der Waals surface area contributed by atoms with Crippen molar-refractivity contribution >= 4 is 17.8 Å². The predicted molar refractivity (Wildman–Crippen MR) is 62.4 cm³/mol. The number of carbonyl (C=O) groups excluding carboxylic acids is 1. The lowest BCUT2D eigenvalue weighted by molar-refractivity contribution is -0.136. The summed E-state index contributed by atoms with van der Waals surface area (Å²) in [6, 6.07) is 7.19. The topological polar surface area (TPSA) is 54.4 Å². The Morgan fingerprint density at radius 3 is 2.56 bits per heavy atom. The highest BCUT2D eigenvalue weighted by atomic mass is 16.4. The molecule has 0 aromatic heterocycles. The number of aliphatic carboxylic acids is 1. The number of hydrogen-bond donors (Lipinski definition) is 1. The number of carboxylic acid groups (broad SMARTS) is 1. The molecule has 1 aromatic rings. The summed E-state index contributed by atoms with van der Waals surface area (Å²) in [4.78, 5) is 22.1. The monoisotopic (exact) mass is 218 g/mol. The number of benzene rings is 1. The van der Waals surface area contributed by atoms with E-state index in [1.54, 1.807) is 12.1 Å². The molecular weight excluding hydrogens is 204 g/mol. The molecule has 0 aliphatic carbocycles. The lowest BCUT2D eigenvalue weighted by Crippen LogP contribution is -2.05. The SMILES string of the molecule is CC=Cc1ccccc1C(=O)CCC(=O)O. The van der Waals surface area contributed by atoms with Crippen LogP contribution in [0.4, 0.5) is 0 Å². The molecule has 0 unspecified atom stereocenters. The van der Waals surface area contributed by atoms with Gasteiger partial charge < -0.3 is 5.11 Å². The quantitative estimate of drug-likeness (QED) is 0.773. The van der Waals surface area contributed by atoms with Gasteiger partial charge in [0.25, 0.3) is 0 Å². The number of allylic oxidation sites excluding steroid dienone is 1. The second kappa shape index (κ2) is 5.85.